The van der Waals surface area contributed by atoms with Gasteiger partial charge in [-0.15, -0.1) is 0 Å². The summed E-state index contributed by atoms with van der Waals surface area (Å²) >= 11 is 0. The molecule has 0 unspecified atom stereocenters. The van der Waals surface area contributed by atoms with Crippen LogP contribution in [0.25, 0.3) is 21.9 Å². The lowest BCUT2D eigenvalue weighted by molar-refractivity contribution is 0.446. The van der Waals surface area contributed by atoms with E-state index in [0.29, 0.717) is 16.5 Å². The lowest BCUT2D eigenvalue weighted by Crippen LogP contribution is -1.92. The number of benzene rings is 4. The van der Waals surface area contributed by atoms with Crippen LogP contribution in [-0.4, -0.2) is 0 Å². The largest absolute Gasteiger partial charge is 0.206 e. The maximum Gasteiger partial charge on any atom is 0.194 e. The molecular formula is C27H17F5. The SMILES string of the molecule is CCCc1cc(F)c2cc(-c3ccc(C#Cc4cc(F)c(F)c(F)c4)c(F)c3)ccc2c1. The van der Waals surface area contributed by atoms with E-state index in [4.69, 9.17) is 0 Å². The third-order valence-corrected chi connectivity index (χ3v) is 5.13. The first kappa shape index (κ1) is 21.6. The molecule has 0 heterocycles. The number of rotatable bonds is 3. The minimum Gasteiger partial charge on any atom is -0.206 e. The first-order valence-electron chi connectivity index (χ1n) is 10.0. The summed E-state index contributed by atoms with van der Waals surface area (Å²) in [4.78, 5) is 0. The standard InChI is InChI=1S/C27H17F5/c1-2-3-16-10-21-9-8-19(14-22(21)24(29)11-16)20-7-6-18(23(28)15-20)5-4-17-12-25(30)27(32)26(31)13-17/h6-15H,2-3H2,1H3. The van der Waals surface area contributed by atoms with Crippen molar-refractivity contribution in [3.05, 3.63) is 106 Å². The van der Waals surface area contributed by atoms with Crippen LogP contribution in [0.3, 0.4) is 0 Å². The molecule has 4 aromatic carbocycles. The molecule has 0 aliphatic carbocycles. The summed E-state index contributed by atoms with van der Waals surface area (Å²) in [5, 5.41) is 1.23. The van der Waals surface area contributed by atoms with Crippen LogP contribution in [0.2, 0.25) is 0 Å². The molecule has 5 heteroatoms. The number of hydrogen-bond donors (Lipinski definition) is 0. The quantitative estimate of drug-likeness (QED) is 0.177. The lowest BCUT2D eigenvalue weighted by atomic mass is 9.97. The van der Waals surface area contributed by atoms with Crippen molar-refractivity contribution < 1.29 is 22.0 Å². The van der Waals surface area contributed by atoms with Crippen molar-refractivity contribution in [3.63, 3.8) is 0 Å². The fourth-order valence-corrected chi connectivity index (χ4v) is 3.55. The molecule has 0 atom stereocenters. The molecule has 4 rings (SSSR count). The molecule has 0 N–H and O–H groups in total. The minimum absolute atomic E-state index is 0.00932. The van der Waals surface area contributed by atoms with Gasteiger partial charge < -0.3 is 0 Å². The first-order chi connectivity index (χ1) is 15.4. The number of halogens is 5. The minimum atomic E-state index is -1.58. The zero-order valence-corrected chi connectivity index (χ0v) is 17.1. The van der Waals surface area contributed by atoms with Crippen LogP contribution in [0, 0.1) is 40.9 Å². The molecule has 0 aliphatic rings. The topological polar surface area (TPSA) is 0 Å². The molecule has 160 valence electrons. The molecule has 0 amide bonds. The highest BCUT2D eigenvalue weighted by molar-refractivity contribution is 5.88. The maximum absolute atomic E-state index is 14.6. The zero-order chi connectivity index (χ0) is 22.8. The second-order valence-electron chi connectivity index (χ2n) is 7.46. The van der Waals surface area contributed by atoms with Gasteiger partial charge in [0.1, 0.15) is 11.6 Å². The van der Waals surface area contributed by atoms with Crippen LogP contribution in [0.15, 0.2) is 60.7 Å². The fraction of sp³-hybridized carbons (Fsp3) is 0.111. The fourth-order valence-electron chi connectivity index (χ4n) is 3.55. The highest BCUT2D eigenvalue weighted by Gasteiger charge is 2.10. The Bertz CT molecular complexity index is 1370. The summed E-state index contributed by atoms with van der Waals surface area (Å²) in [5.74, 6) is -0.352. The molecule has 0 aliphatic heterocycles. The predicted molar refractivity (Wildman–Crippen MR) is 116 cm³/mol. The average Bonchev–Trinajstić information content (AvgIpc) is 2.76. The van der Waals surface area contributed by atoms with Crippen LogP contribution in [-0.2, 0) is 6.42 Å². The molecule has 0 saturated heterocycles. The Hall–Kier alpha value is -3.65. The Morgan fingerprint density at radius 1 is 0.656 bits per heavy atom. The molecule has 0 fully saturated rings. The third-order valence-electron chi connectivity index (χ3n) is 5.13. The smallest absolute Gasteiger partial charge is 0.194 e. The number of hydrogen-bond acceptors (Lipinski definition) is 0. The molecule has 0 saturated carbocycles. The van der Waals surface area contributed by atoms with Gasteiger partial charge in [-0.05, 0) is 64.9 Å². The average molecular weight is 436 g/mol. The van der Waals surface area contributed by atoms with Crippen molar-refractivity contribution >= 4 is 10.8 Å². The van der Waals surface area contributed by atoms with Crippen molar-refractivity contribution in [3.8, 4) is 23.0 Å². The summed E-state index contributed by atoms with van der Waals surface area (Å²) in [6, 6.07) is 14.5. The summed E-state index contributed by atoms with van der Waals surface area (Å²) in [6.45, 7) is 2.03. The predicted octanol–water partition coefficient (Wildman–Crippen LogP) is 7.55. The van der Waals surface area contributed by atoms with Gasteiger partial charge in [0, 0.05) is 10.9 Å². The Balaban J connectivity index is 1.66. The van der Waals surface area contributed by atoms with Crippen molar-refractivity contribution in [2.45, 2.75) is 19.8 Å². The van der Waals surface area contributed by atoms with Crippen LogP contribution >= 0.6 is 0 Å². The van der Waals surface area contributed by atoms with Crippen LogP contribution in [0.4, 0.5) is 22.0 Å². The van der Waals surface area contributed by atoms with Gasteiger partial charge in [0.15, 0.2) is 17.5 Å². The second-order valence-corrected chi connectivity index (χ2v) is 7.46. The van der Waals surface area contributed by atoms with E-state index in [9.17, 15) is 22.0 Å². The van der Waals surface area contributed by atoms with Gasteiger partial charge >= 0.3 is 0 Å². The van der Waals surface area contributed by atoms with E-state index >= 15 is 0 Å². The zero-order valence-electron chi connectivity index (χ0n) is 17.1. The van der Waals surface area contributed by atoms with E-state index in [1.807, 2.05) is 13.0 Å². The molecule has 4 aromatic rings. The Morgan fingerprint density at radius 2 is 1.34 bits per heavy atom. The van der Waals surface area contributed by atoms with Crippen LogP contribution < -0.4 is 0 Å². The normalized spacial score (nSPS) is 10.8. The summed E-state index contributed by atoms with van der Waals surface area (Å²) in [7, 11) is 0. The Morgan fingerprint density at radius 3 is 2.03 bits per heavy atom. The van der Waals surface area contributed by atoms with Crippen LogP contribution in [0.1, 0.15) is 30.0 Å². The van der Waals surface area contributed by atoms with Gasteiger partial charge in [-0.1, -0.05) is 49.5 Å². The molecule has 0 aromatic heterocycles. The van der Waals surface area contributed by atoms with E-state index in [2.05, 4.69) is 11.8 Å². The van der Waals surface area contributed by atoms with E-state index in [1.165, 1.54) is 18.2 Å². The van der Waals surface area contributed by atoms with E-state index in [1.54, 1.807) is 24.3 Å². The van der Waals surface area contributed by atoms with Gasteiger partial charge in [-0.3, -0.25) is 0 Å². The van der Waals surface area contributed by atoms with Crippen molar-refractivity contribution in [2.24, 2.45) is 0 Å². The lowest BCUT2D eigenvalue weighted by Gasteiger charge is -2.08. The Kier molecular flexibility index (Phi) is 5.96. The summed E-state index contributed by atoms with van der Waals surface area (Å²) in [6.07, 6.45) is 1.71. The monoisotopic (exact) mass is 436 g/mol. The molecule has 0 bridgehead atoms. The Labute approximate surface area is 182 Å². The maximum atomic E-state index is 14.6. The van der Waals surface area contributed by atoms with E-state index in [0.717, 1.165) is 35.9 Å². The highest BCUT2D eigenvalue weighted by atomic mass is 19.2. The van der Waals surface area contributed by atoms with Crippen molar-refractivity contribution in [1.29, 1.82) is 0 Å². The van der Waals surface area contributed by atoms with Gasteiger partial charge in [0.2, 0.25) is 0 Å². The van der Waals surface area contributed by atoms with Crippen LogP contribution in [0.5, 0.6) is 0 Å². The second kappa shape index (κ2) is 8.84. The van der Waals surface area contributed by atoms with E-state index < -0.39 is 23.3 Å². The molecule has 0 spiro atoms. The van der Waals surface area contributed by atoms with Crippen molar-refractivity contribution in [1.82, 2.24) is 0 Å². The van der Waals surface area contributed by atoms with Gasteiger partial charge in [-0.25, -0.2) is 22.0 Å². The molecule has 32 heavy (non-hydrogen) atoms. The summed E-state index contributed by atoms with van der Waals surface area (Å²) in [5.41, 5.74) is 2.00. The summed E-state index contributed by atoms with van der Waals surface area (Å²) < 4.78 is 68.8. The highest BCUT2D eigenvalue weighted by Crippen LogP contribution is 2.28. The van der Waals surface area contributed by atoms with Gasteiger partial charge in [-0.2, -0.15) is 0 Å². The molecule has 0 nitrogen and oxygen atoms in total. The van der Waals surface area contributed by atoms with Gasteiger partial charge in [0.25, 0.3) is 0 Å². The number of fused-ring (bicyclic) bond motifs is 1. The number of aryl methyl sites for hydroxylation is 1. The van der Waals surface area contributed by atoms with Crippen molar-refractivity contribution in [2.75, 3.05) is 0 Å². The molecule has 0 radical (unpaired) electrons. The molecular weight excluding hydrogens is 419 g/mol. The van der Waals surface area contributed by atoms with Gasteiger partial charge in [0.05, 0.1) is 5.56 Å². The van der Waals surface area contributed by atoms with E-state index in [-0.39, 0.29) is 16.9 Å². The third kappa shape index (κ3) is 4.36. The first-order valence-corrected chi connectivity index (χ1v) is 10.0.